The summed E-state index contributed by atoms with van der Waals surface area (Å²) in [5, 5.41) is 4.61. The van der Waals surface area contributed by atoms with Crippen LogP contribution in [0.3, 0.4) is 0 Å². The molecule has 1 amide bonds. The van der Waals surface area contributed by atoms with Crippen LogP contribution >= 0.6 is 11.6 Å². The third-order valence-corrected chi connectivity index (χ3v) is 4.04. The number of benzene rings is 1. The van der Waals surface area contributed by atoms with Crippen LogP contribution in [0.4, 0.5) is 0 Å². The van der Waals surface area contributed by atoms with Crippen molar-refractivity contribution in [3.05, 3.63) is 64.6 Å². The number of nitrogens with zero attached hydrogens (tertiary/aromatic N) is 2. The first-order chi connectivity index (χ1) is 10.6. The van der Waals surface area contributed by atoms with Crippen molar-refractivity contribution in [3.63, 3.8) is 0 Å². The summed E-state index contributed by atoms with van der Waals surface area (Å²) >= 11 is 6.06. The highest BCUT2D eigenvalue weighted by Crippen LogP contribution is 2.27. The van der Waals surface area contributed by atoms with Crippen LogP contribution < -0.4 is 5.32 Å². The van der Waals surface area contributed by atoms with E-state index < -0.39 is 0 Å². The van der Waals surface area contributed by atoms with Crippen LogP contribution in [0.2, 0.25) is 5.02 Å². The second-order valence-electron chi connectivity index (χ2n) is 5.24. The van der Waals surface area contributed by atoms with Crippen molar-refractivity contribution < 1.29 is 4.79 Å². The van der Waals surface area contributed by atoms with E-state index in [0.717, 1.165) is 22.0 Å². The van der Waals surface area contributed by atoms with Crippen LogP contribution in [0, 0.1) is 6.92 Å². The Morgan fingerprint density at radius 2 is 2.18 bits per heavy atom. The minimum absolute atomic E-state index is 0.101. The molecule has 4 nitrogen and oxygen atoms in total. The molecule has 112 valence electrons. The van der Waals surface area contributed by atoms with Crippen LogP contribution in [-0.2, 0) is 13.6 Å². The minimum atomic E-state index is -0.101. The van der Waals surface area contributed by atoms with E-state index in [-0.39, 0.29) is 5.91 Å². The number of halogens is 1. The molecule has 0 bridgehead atoms. The van der Waals surface area contributed by atoms with Crippen molar-refractivity contribution in [1.82, 2.24) is 14.9 Å². The Hall–Kier alpha value is -2.33. The monoisotopic (exact) mass is 313 g/mol. The molecule has 1 aromatic carbocycles. The van der Waals surface area contributed by atoms with E-state index in [1.54, 1.807) is 12.4 Å². The molecule has 3 aromatic rings. The number of carbonyl (C=O) groups is 1. The molecule has 3 rings (SSSR count). The Balaban J connectivity index is 1.91. The maximum Gasteiger partial charge on any atom is 0.268 e. The van der Waals surface area contributed by atoms with Crippen molar-refractivity contribution >= 4 is 28.4 Å². The fraction of sp³-hybridized carbons (Fsp3) is 0.176. The van der Waals surface area contributed by atoms with Gasteiger partial charge < -0.3 is 9.88 Å². The second-order valence-corrected chi connectivity index (χ2v) is 5.67. The fourth-order valence-corrected chi connectivity index (χ4v) is 2.86. The third-order valence-electron chi connectivity index (χ3n) is 3.81. The molecular formula is C17H16ClN3O. The summed E-state index contributed by atoms with van der Waals surface area (Å²) < 4.78 is 1.90. The molecule has 0 radical (unpaired) electrons. The molecule has 0 aliphatic heterocycles. The Morgan fingerprint density at radius 3 is 2.91 bits per heavy atom. The fourth-order valence-electron chi connectivity index (χ4n) is 2.69. The van der Waals surface area contributed by atoms with Gasteiger partial charge in [-0.1, -0.05) is 17.7 Å². The first-order valence-corrected chi connectivity index (χ1v) is 7.37. The van der Waals surface area contributed by atoms with E-state index in [4.69, 9.17) is 11.6 Å². The van der Waals surface area contributed by atoms with Gasteiger partial charge in [-0.2, -0.15) is 0 Å². The van der Waals surface area contributed by atoms with Gasteiger partial charge in [0.1, 0.15) is 5.69 Å². The predicted molar refractivity (Wildman–Crippen MR) is 88.1 cm³/mol. The molecule has 0 aliphatic carbocycles. The van der Waals surface area contributed by atoms with E-state index in [1.807, 2.05) is 48.9 Å². The Labute approximate surface area is 133 Å². The molecule has 22 heavy (non-hydrogen) atoms. The van der Waals surface area contributed by atoms with E-state index in [1.165, 1.54) is 0 Å². The molecule has 2 aromatic heterocycles. The number of amides is 1. The number of fused-ring (bicyclic) bond motifs is 1. The van der Waals surface area contributed by atoms with Crippen LogP contribution in [0.15, 0.2) is 42.7 Å². The lowest BCUT2D eigenvalue weighted by atomic mass is 10.1. The molecule has 0 saturated heterocycles. The number of aryl methyl sites for hydroxylation is 2. The van der Waals surface area contributed by atoms with Crippen LogP contribution in [-0.4, -0.2) is 15.5 Å². The van der Waals surface area contributed by atoms with Crippen molar-refractivity contribution in [2.45, 2.75) is 13.5 Å². The zero-order valence-electron chi connectivity index (χ0n) is 12.4. The maximum atomic E-state index is 12.5. The zero-order valence-corrected chi connectivity index (χ0v) is 13.2. The molecule has 0 unspecified atom stereocenters. The number of hydrogen-bond acceptors (Lipinski definition) is 2. The molecular weight excluding hydrogens is 298 g/mol. The quantitative estimate of drug-likeness (QED) is 0.805. The van der Waals surface area contributed by atoms with Gasteiger partial charge in [0, 0.05) is 41.9 Å². The summed E-state index contributed by atoms with van der Waals surface area (Å²) in [4.78, 5) is 16.6. The van der Waals surface area contributed by atoms with Crippen molar-refractivity contribution in [1.29, 1.82) is 0 Å². The van der Waals surface area contributed by atoms with Crippen LogP contribution in [0.5, 0.6) is 0 Å². The molecule has 0 spiro atoms. The topological polar surface area (TPSA) is 46.9 Å². The first-order valence-electron chi connectivity index (χ1n) is 6.99. The van der Waals surface area contributed by atoms with Crippen molar-refractivity contribution in [3.8, 4) is 0 Å². The molecule has 0 saturated carbocycles. The highest BCUT2D eigenvalue weighted by Gasteiger charge is 2.18. The molecule has 0 fully saturated rings. The standard InChI is InChI=1S/C17H16ClN3O/c1-11-14-8-13(18)5-6-15(14)21(2)16(11)17(22)20-10-12-4-3-7-19-9-12/h3-9H,10H2,1-2H3,(H,20,22). The summed E-state index contributed by atoms with van der Waals surface area (Å²) in [5.41, 5.74) is 3.55. The van der Waals surface area contributed by atoms with Crippen molar-refractivity contribution in [2.24, 2.45) is 7.05 Å². The minimum Gasteiger partial charge on any atom is -0.347 e. The van der Waals surface area contributed by atoms with E-state index >= 15 is 0 Å². The first kappa shape index (κ1) is 14.6. The summed E-state index contributed by atoms with van der Waals surface area (Å²) in [5.74, 6) is -0.101. The van der Waals surface area contributed by atoms with Gasteiger partial charge in [-0.3, -0.25) is 9.78 Å². The van der Waals surface area contributed by atoms with E-state index in [0.29, 0.717) is 17.3 Å². The highest BCUT2D eigenvalue weighted by atomic mass is 35.5. The lowest BCUT2D eigenvalue weighted by molar-refractivity contribution is 0.0942. The Morgan fingerprint density at radius 1 is 1.36 bits per heavy atom. The number of aromatic nitrogens is 2. The van der Waals surface area contributed by atoms with Gasteiger partial charge >= 0.3 is 0 Å². The van der Waals surface area contributed by atoms with Crippen molar-refractivity contribution in [2.75, 3.05) is 0 Å². The molecule has 0 aliphatic rings. The average Bonchev–Trinajstić information content (AvgIpc) is 2.77. The smallest absolute Gasteiger partial charge is 0.268 e. The SMILES string of the molecule is Cc1c(C(=O)NCc2cccnc2)n(C)c2ccc(Cl)cc12. The van der Waals surface area contributed by atoms with Gasteiger partial charge in [-0.15, -0.1) is 0 Å². The lowest BCUT2D eigenvalue weighted by Crippen LogP contribution is -2.25. The number of carbonyl (C=O) groups excluding carboxylic acids is 1. The normalized spacial score (nSPS) is 10.9. The van der Waals surface area contributed by atoms with Gasteiger partial charge in [-0.05, 0) is 42.3 Å². The van der Waals surface area contributed by atoms with Gasteiger partial charge in [0.25, 0.3) is 5.91 Å². The number of nitrogens with one attached hydrogen (secondary N) is 1. The van der Waals surface area contributed by atoms with Crippen LogP contribution in [0.1, 0.15) is 21.6 Å². The second kappa shape index (κ2) is 5.81. The summed E-state index contributed by atoms with van der Waals surface area (Å²) in [6.07, 6.45) is 3.46. The van der Waals surface area contributed by atoms with E-state index in [9.17, 15) is 4.79 Å². The number of pyridine rings is 1. The van der Waals surface area contributed by atoms with Crippen LogP contribution in [0.25, 0.3) is 10.9 Å². The summed E-state index contributed by atoms with van der Waals surface area (Å²) in [6.45, 7) is 2.39. The maximum absolute atomic E-state index is 12.5. The molecule has 5 heteroatoms. The molecule has 1 N–H and O–H groups in total. The third kappa shape index (κ3) is 2.57. The van der Waals surface area contributed by atoms with Gasteiger partial charge in [-0.25, -0.2) is 0 Å². The predicted octanol–water partition coefficient (Wildman–Crippen LogP) is 3.47. The average molecular weight is 314 g/mol. The Bertz CT molecular complexity index is 840. The largest absolute Gasteiger partial charge is 0.347 e. The highest BCUT2D eigenvalue weighted by molar-refractivity contribution is 6.31. The lowest BCUT2D eigenvalue weighted by Gasteiger charge is -2.07. The number of rotatable bonds is 3. The van der Waals surface area contributed by atoms with Gasteiger partial charge in [0.2, 0.25) is 0 Å². The Kier molecular flexibility index (Phi) is 3.86. The summed E-state index contributed by atoms with van der Waals surface area (Å²) in [7, 11) is 1.89. The van der Waals surface area contributed by atoms with Gasteiger partial charge in [0.05, 0.1) is 0 Å². The van der Waals surface area contributed by atoms with E-state index in [2.05, 4.69) is 10.3 Å². The van der Waals surface area contributed by atoms with Gasteiger partial charge in [0.15, 0.2) is 0 Å². The number of hydrogen-bond donors (Lipinski definition) is 1. The summed E-state index contributed by atoms with van der Waals surface area (Å²) in [6, 6.07) is 9.44. The molecule has 2 heterocycles. The zero-order chi connectivity index (χ0) is 15.7. The molecule has 0 atom stereocenters.